The maximum Gasteiger partial charge on any atom is 0.117 e. The molecule has 0 aliphatic rings. The van der Waals surface area contributed by atoms with Crippen LogP contribution in [0.5, 0.6) is 0 Å². The predicted molar refractivity (Wildman–Crippen MR) is 51.3 cm³/mol. The minimum atomic E-state index is -0.236. The van der Waals surface area contributed by atoms with Crippen molar-refractivity contribution in [2.75, 3.05) is 6.54 Å². The van der Waals surface area contributed by atoms with Crippen LogP contribution >= 0.6 is 0 Å². The van der Waals surface area contributed by atoms with Gasteiger partial charge in [0.15, 0.2) is 0 Å². The molecule has 1 atom stereocenters. The molecule has 0 bridgehead atoms. The molecule has 1 unspecified atom stereocenters. The molecule has 0 saturated heterocycles. The molecule has 1 rings (SSSR count). The van der Waals surface area contributed by atoms with Gasteiger partial charge in [0.25, 0.3) is 0 Å². The quantitative estimate of drug-likeness (QED) is 0.703. The largest absolute Gasteiger partial charge is 0.468 e. The molecule has 3 heteroatoms. The second-order valence-corrected chi connectivity index (χ2v) is 3.15. The zero-order valence-electron chi connectivity index (χ0n) is 7.99. The normalized spacial score (nSPS) is 13.1. The molecule has 13 heavy (non-hydrogen) atoms. The summed E-state index contributed by atoms with van der Waals surface area (Å²) >= 11 is 0. The molecule has 0 aliphatic carbocycles. The Morgan fingerprint density at radius 3 is 3.08 bits per heavy atom. The summed E-state index contributed by atoms with van der Waals surface area (Å²) in [6.07, 6.45) is 3.29. The van der Waals surface area contributed by atoms with E-state index in [0.717, 1.165) is 18.6 Å². The third-order valence-corrected chi connectivity index (χ3v) is 1.88. The Labute approximate surface area is 78.8 Å². The summed E-state index contributed by atoms with van der Waals surface area (Å²) in [5, 5.41) is 12.5. The first-order valence-corrected chi connectivity index (χ1v) is 4.74. The van der Waals surface area contributed by atoms with Crippen LogP contribution in [-0.2, 0) is 6.54 Å². The molecule has 0 radical (unpaired) electrons. The monoisotopic (exact) mass is 183 g/mol. The van der Waals surface area contributed by atoms with Crippen molar-refractivity contribution in [1.29, 1.82) is 0 Å². The Morgan fingerprint density at radius 1 is 1.62 bits per heavy atom. The minimum Gasteiger partial charge on any atom is -0.468 e. The molecule has 1 heterocycles. The van der Waals surface area contributed by atoms with Gasteiger partial charge in [-0.25, -0.2) is 0 Å². The van der Waals surface area contributed by atoms with E-state index in [1.807, 2.05) is 12.1 Å². The maximum absolute atomic E-state index is 9.38. The number of aliphatic hydroxyl groups is 1. The van der Waals surface area contributed by atoms with Crippen molar-refractivity contribution >= 4 is 0 Å². The molecule has 0 saturated carbocycles. The summed E-state index contributed by atoms with van der Waals surface area (Å²) in [5.41, 5.74) is 0. The summed E-state index contributed by atoms with van der Waals surface area (Å²) in [5.74, 6) is 0.906. The molecule has 0 aliphatic heterocycles. The van der Waals surface area contributed by atoms with Crippen LogP contribution in [0.3, 0.4) is 0 Å². The number of hydrogen-bond acceptors (Lipinski definition) is 3. The van der Waals surface area contributed by atoms with Crippen LogP contribution in [0.25, 0.3) is 0 Å². The van der Waals surface area contributed by atoms with E-state index >= 15 is 0 Å². The van der Waals surface area contributed by atoms with Crippen LogP contribution < -0.4 is 5.32 Å². The Kier molecular flexibility index (Phi) is 4.57. The summed E-state index contributed by atoms with van der Waals surface area (Å²) in [6, 6.07) is 3.78. The van der Waals surface area contributed by atoms with E-state index in [9.17, 15) is 5.11 Å². The standard InChI is InChI=1S/C10H17NO2/c1-2-4-9(12)7-11-8-10-5-3-6-13-10/h3,5-6,9,11-12H,2,4,7-8H2,1H3. The summed E-state index contributed by atoms with van der Waals surface area (Å²) in [6.45, 7) is 3.39. The van der Waals surface area contributed by atoms with E-state index in [4.69, 9.17) is 4.42 Å². The fourth-order valence-electron chi connectivity index (χ4n) is 1.21. The highest BCUT2D eigenvalue weighted by molar-refractivity contribution is 4.97. The first-order chi connectivity index (χ1) is 6.33. The lowest BCUT2D eigenvalue weighted by molar-refractivity contribution is 0.159. The van der Waals surface area contributed by atoms with Gasteiger partial charge in [-0.05, 0) is 18.6 Å². The van der Waals surface area contributed by atoms with Gasteiger partial charge in [-0.1, -0.05) is 13.3 Å². The molecule has 0 aromatic carbocycles. The second-order valence-electron chi connectivity index (χ2n) is 3.15. The lowest BCUT2D eigenvalue weighted by Gasteiger charge is -2.09. The number of rotatable bonds is 6. The minimum absolute atomic E-state index is 0.236. The lowest BCUT2D eigenvalue weighted by atomic mass is 10.2. The van der Waals surface area contributed by atoms with Gasteiger partial charge in [0.05, 0.1) is 18.9 Å². The fourth-order valence-corrected chi connectivity index (χ4v) is 1.21. The molecule has 74 valence electrons. The third kappa shape index (κ3) is 4.10. The average Bonchev–Trinajstić information content (AvgIpc) is 2.57. The van der Waals surface area contributed by atoms with Crippen LogP contribution in [0.1, 0.15) is 25.5 Å². The van der Waals surface area contributed by atoms with Crippen molar-refractivity contribution in [2.45, 2.75) is 32.4 Å². The molecule has 0 fully saturated rings. The topological polar surface area (TPSA) is 45.4 Å². The predicted octanol–water partition coefficient (Wildman–Crippen LogP) is 1.53. The number of furan rings is 1. The number of aliphatic hydroxyl groups excluding tert-OH is 1. The Morgan fingerprint density at radius 2 is 2.46 bits per heavy atom. The van der Waals surface area contributed by atoms with Gasteiger partial charge in [-0.3, -0.25) is 0 Å². The van der Waals surface area contributed by atoms with Crippen LogP contribution in [0, 0.1) is 0 Å². The number of hydrogen-bond donors (Lipinski definition) is 2. The van der Waals surface area contributed by atoms with Crippen molar-refractivity contribution in [3.05, 3.63) is 24.2 Å². The summed E-state index contributed by atoms with van der Waals surface area (Å²) in [7, 11) is 0. The van der Waals surface area contributed by atoms with Gasteiger partial charge in [0.1, 0.15) is 5.76 Å². The smallest absolute Gasteiger partial charge is 0.117 e. The molecular formula is C10H17NO2. The van der Waals surface area contributed by atoms with E-state index in [-0.39, 0.29) is 6.10 Å². The Bertz CT molecular complexity index is 209. The highest BCUT2D eigenvalue weighted by Gasteiger charge is 2.01. The van der Waals surface area contributed by atoms with Gasteiger partial charge in [0.2, 0.25) is 0 Å². The van der Waals surface area contributed by atoms with E-state index < -0.39 is 0 Å². The van der Waals surface area contributed by atoms with Crippen molar-refractivity contribution in [3.63, 3.8) is 0 Å². The molecule has 1 aromatic rings. The molecule has 0 spiro atoms. The van der Waals surface area contributed by atoms with Gasteiger partial charge in [0, 0.05) is 6.54 Å². The van der Waals surface area contributed by atoms with Crippen LogP contribution in [-0.4, -0.2) is 17.8 Å². The van der Waals surface area contributed by atoms with Crippen LogP contribution in [0.15, 0.2) is 22.8 Å². The zero-order valence-corrected chi connectivity index (χ0v) is 7.99. The van der Waals surface area contributed by atoms with E-state index in [2.05, 4.69) is 12.2 Å². The van der Waals surface area contributed by atoms with Crippen molar-refractivity contribution in [3.8, 4) is 0 Å². The van der Waals surface area contributed by atoms with E-state index in [1.165, 1.54) is 0 Å². The molecule has 2 N–H and O–H groups in total. The van der Waals surface area contributed by atoms with Gasteiger partial charge < -0.3 is 14.8 Å². The Hall–Kier alpha value is -0.800. The third-order valence-electron chi connectivity index (χ3n) is 1.88. The molecule has 0 amide bonds. The van der Waals surface area contributed by atoms with Gasteiger partial charge in [-0.15, -0.1) is 0 Å². The van der Waals surface area contributed by atoms with Gasteiger partial charge in [-0.2, -0.15) is 0 Å². The van der Waals surface area contributed by atoms with Crippen molar-refractivity contribution < 1.29 is 9.52 Å². The van der Waals surface area contributed by atoms with Crippen molar-refractivity contribution in [1.82, 2.24) is 5.32 Å². The van der Waals surface area contributed by atoms with Crippen molar-refractivity contribution in [2.24, 2.45) is 0 Å². The zero-order chi connectivity index (χ0) is 9.52. The van der Waals surface area contributed by atoms with Gasteiger partial charge >= 0.3 is 0 Å². The summed E-state index contributed by atoms with van der Waals surface area (Å²) in [4.78, 5) is 0. The van der Waals surface area contributed by atoms with Crippen LogP contribution in [0.4, 0.5) is 0 Å². The average molecular weight is 183 g/mol. The molecular weight excluding hydrogens is 166 g/mol. The van der Waals surface area contributed by atoms with Crippen LogP contribution in [0.2, 0.25) is 0 Å². The number of nitrogens with one attached hydrogen (secondary N) is 1. The fraction of sp³-hybridized carbons (Fsp3) is 0.600. The van der Waals surface area contributed by atoms with E-state index in [0.29, 0.717) is 13.1 Å². The first-order valence-electron chi connectivity index (χ1n) is 4.74. The highest BCUT2D eigenvalue weighted by atomic mass is 16.3. The maximum atomic E-state index is 9.38. The lowest BCUT2D eigenvalue weighted by Crippen LogP contribution is -2.25. The molecule has 3 nitrogen and oxygen atoms in total. The van der Waals surface area contributed by atoms with E-state index in [1.54, 1.807) is 6.26 Å². The first kappa shape index (κ1) is 10.3. The Balaban J connectivity index is 2.07. The SMILES string of the molecule is CCCC(O)CNCc1ccco1. The molecule has 1 aromatic heterocycles. The second kappa shape index (κ2) is 5.78. The highest BCUT2D eigenvalue weighted by Crippen LogP contribution is 1.99. The summed E-state index contributed by atoms with van der Waals surface area (Å²) < 4.78 is 5.13.